The first kappa shape index (κ1) is 20.8. The maximum atomic E-state index is 15.3. The average molecular weight is 463 g/mol. The van der Waals surface area contributed by atoms with Gasteiger partial charge in [-0.05, 0) is 18.8 Å². The summed E-state index contributed by atoms with van der Waals surface area (Å²) in [5.74, 6) is -1.34. The fourth-order valence-corrected chi connectivity index (χ4v) is 4.77. The third-order valence-electron chi connectivity index (χ3n) is 6.79. The molecule has 1 fully saturated rings. The summed E-state index contributed by atoms with van der Waals surface area (Å²) in [5, 5.41) is 7.94. The molecule has 2 atom stereocenters. The quantitative estimate of drug-likeness (QED) is 0.354. The number of H-pyrrole nitrogens is 1. The van der Waals surface area contributed by atoms with Gasteiger partial charge in [-0.3, -0.25) is 0 Å². The maximum Gasteiger partial charge on any atom is 0.169 e. The molecule has 1 aliphatic rings. The summed E-state index contributed by atoms with van der Waals surface area (Å²) in [6.07, 6.45) is 8.97. The number of nitrogens with one attached hydrogen (secondary N) is 2. The highest BCUT2D eigenvalue weighted by Crippen LogP contribution is 2.43. The zero-order valence-corrected chi connectivity index (χ0v) is 18.8. The number of nitrogens with two attached hydrogens (primary N) is 1. The Balaban J connectivity index is 1.63. The van der Waals surface area contributed by atoms with Crippen LogP contribution in [-0.4, -0.2) is 51.2 Å². The number of nitrogens with zero attached hydrogens (tertiary/aromatic N) is 5. The first-order chi connectivity index (χ1) is 16.5. The Hall–Kier alpha value is -3.79. The van der Waals surface area contributed by atoms with Crippen LogP contribution in [0, 0.1) is 17.6 Å². The molecule has 34 heavy (non-hydrogen) atoms. The molecule has 6 rings (SSSR count). The third-order valence-corrected chi connectivity index (χ3v) is 6.79. The van der Waals surface area contributed by atoms with Gasteiger partial charge in [-0.25, -0.2) is 23.3 Å². The van der Waals surface area contributed by atoms with Crippen LogP contribution < -0.4 is 16.0 Å². The molecule has 0 saturated heterocycles. The summed E-state index contributed by atoms with van der Waals surface area (Å²) in [4.78, 5) is 14.3. The molecule has 4 heterocycles. The van der Waals surface area contributed by atoms with Crippen LogP contribution in [0.4, 0.5) is 20.2 Å². The van der Waals surface area contributed by atoms with Gasteiger partial charge in [0, 0.05) is 68.5 Å². The smallest absolute Gasteiger partial charge is 0.169 e. The number of aromatic nitrogens is 5. The van der Waals surface area contributed by atoms with Crippen molar-refractivity contribution < 1.29 is 8.78 Å². The van der Waals surface area contributed by atoms with E-state index in [0.29, 0.717) is 40.3 Å². The van der Waals surface area contributed by atoms with Crippen molar-refractivity contribution in [1.82, 2.24) is 24.6 Å². The monoisotopic (exact) mass is 462 g/mol. The molecule has 0 radical (unpaired) electrons. The van der Waals surface area contributed by atoms with Crippen LogP contribution in [-0.2, 0) is 0 Å². The second-order valence-electron chi connectivity index (χ2n) is 8.94. The predicted octanol–water partition coefficient (Wildman–Crippen LogP) is 3.92. The van der Waals surface area contributed by atoms with Crippen molar-refractivity contribution in [3.63, 3.8) is 0 Å². The van der Waals surface area contributed by atoms with Crippen LogP contribution in [0.3, 0.4) is 0 Å². The summed E-state index contributed by atoms with van der Waals surface area (Å²) in [5.41, 5.74) is 10.4. The van der Waals surface area contributed by atoms with Crippen molar-refractivity contribution in [2.24, 2.45) is 11.7 Å². The van der Waals surface area contributed by atoms with Gasteiger partial charge in [-0.15, -0.1) is 0 Å². The minimum absolute atomic E-state index is 0.173. The summed E-state index contributed by atoms with van der Waals surface area (Å²) in [6, 6.07) is 3.21. The van der Waals surface area contributed by atoms with Crippen LogP contribution in [0.15, 0.2) is 36.9 Å². The molecule has 10 heteroatoms. The van der Waals surface area contributed by atoms with Crippen molar-refractivity contribution in [2.45, 2.75) is 18.9 Å². The molecule has 8 nitrogen and oxygen atoms in total. The Morgan fingerprint density at radius 2 is 2.09 bits per heavy atom. The van der Waals surface area contributed by atoms with E-state index in [2.05, 4.69) is 30.3 Å². The predicted molar refractivity (Wildman–Crippen MR) is 129 cm³/mol. The van der Waals surface area contributed by atoms with E-state index in [1.165, 1.54) is 0 Å². The van der Waals surface area contributed by atoms with Crippen LogP contribution in [0.2, 0.25) is 0 Å². The lowest BCUT2D eigenvalue weighted by molar-refractivity contribution is 0.518. The molecule has 1 aliphatic carbocycles. The summed E-state index contributed by atoms with van der Waals surface area (Å²) < 4.78 is 31.6. The Morgan fingerprint density at radius 1 is 1.26 bits per heavy atom. The normalized spacial score (nSPS) is 17.7. The average Bonchev–Trinajstić information content (AvgIpc) is 3.21. The Labute approximate surface area is 193 Å². The highest BCUT2D eigenvalue weighted by Gasteiger charge is 2.33. The number of anilines is 2. The Morgan fingerprint density at radius 3 is 2.85 bits per heavy atom. The molecule has 0 bridgehead atoms. The molecule has 2 unspecified atom stereocenters. The van der Waals surface area contributed by atoms with E-state index in [9.17, 15) is 4.39 Å². The van der Waals surface area contributed by atoms with Gasteiger partial charge in [0.25, 0.3) is 0 Å². The van der Waals surface area contributed by atoms with E-state index in [1.54, 1.807) is 30.2 Å². The van der Waals surface area contributed by atoms with Gasteiger partial charge in [0.05, 0.1) is 33.9 Å². The molecule has 4 aromatic heterocycles. The Kier molecular flexibility index (Phi) is 4.66. The van der Waals surface area contributed by atoms with Crippen LogP contribution in [0.5, 0.6) is 0 Å². The topological polar surface area (TPSA) is 100 Å². The van der Waals surface area contributed by atoms with Gasteiger partial charge in [0.15, 0.2) is 17.3 Å². The second-order valence-corrected chi connectivity index (χ2v) is 8.94. The van der Waals surface area contributed by atoms with Crippen molar-refractivity contribution in [2.75, 3.05) is 30.9 Å². The summed E-state index contributed by atoms with van der Waals surface area (Å²) in [6.45, 7) is 0.713. The molecule has 0 spiro atoms. The molecular weight excluding hydrogens is 438 g/mol. The minimum Gasteiger partial charge on any atom is -0.386 e. The molecular formula is C24H24F2N8. The SMILES string of the molecule is CNc1cc(F)c(F)c2c1[nH]c1ncc(-c3cnc4ccnn4c3)c(N(C)CCC3CC3N)c12. The van der Waals surface area contributed by atoms with E-state index >= 15 is 4.39 Å². The van der Waals surface area contributed by atoms with Crippen LogP contribution in [0.1, 0.15) is 12.8 Å². The van der Waals surface area contributed by atoms with E-state index in [-0.39, 0.29) is 11.4 Å². The largest absolute Gasteiger partial charge is 0.386 e. The molecule has 0 aliphatic heterocycles. The molecule has 174 valence electrons. The molecule has 0 amide bonds. The number of hydrogen-bond acceptors (Lipinski definition) is 6. The lowest BCUT2D eigenvalue weighted by Crippen LogP contribution is -2.21. The molecule has 1 saturated carbocycles. The zero-order chi connectivity index (χ0) is 23.6. The molecule has 5 aromatic rings. The standard InChI is InChI=1S/C24H24F2N8/c1-28-17-8-15(25)21(26)19-20-23(33(2)6-4-12-7-16(12)27)14(10-30-24(20)32-22(17)19)13-9-29-18-3-5-31-34(18)11-13/h3,5,8-12,16,28H,4,6-7,27H2,1-2H3,(H,30,32). The Bertz CT molecular complexity index is 1560. The van der Waals surface area contributed by atoms with Gasteiger partial charge < -0.3 is 20.9 Å². The fourth-order valence-electron chi connectivity index (χ4n) is 4.77. The number of aromatic amines is 1. The lowest BCUT2D eigenvalue weighted by atomic mass is 10.0. The highest BCUT2D eigenvalue weighted by atomic mass is 19.2. The van der Waals surface area contributed by atoms with E-state index < -0.39 is 11.6 Å². The van der Waals surface area contributed by atoms with Gasteiger partial charge in [-0.1, -0.05) is 0 Å². The van der Waals surface area contributed by atoms with Gasteiger partial charge in [0.1, 0.15) is 5.65 Å². The number of fused-ring (bicyclic) bond motifs is 4. The van der Waals surface area contributed by atoms with Crippen molar-refractivity contribution in [1.29, 1.82) is 0 Å². The van der Waals surface area contributed by atoms with Crippen LogP contribution >= 0.6 is 0 Å². The zero-order valence-electron chi connectivity index (χ0n) is 18.8. The van der Waals surface area contributed by atoms with Crippen LogP contribution in [0.25, 0.3) is 38.7 Å². The first-order valence-corrected chi connectivity index (χ1v) is 11.2. The van der Waals surface area contributed by atoms with E-state index in [0.717, 1.165) is 35.7 Å². The summed E-state index contributed by atoms with van der Waals surface area (Å²) in [7, 11) is 3.63. The number of halogens is 2. The van der Waals surface area contributed by atoms with Crippen molar-refractivity contribution >= 4 is 39.0 Å². The second kappa shape index (κ2) is 7.63. The van der Waals surface area contributed by atoms with Gasteiger partial charge in [-0.2, -0.15) is 5.10 Å². The van der Waals surface area contributed by atoms with Crippen molar-refractivity contribution in [3.8, 4) is 11.1 Å². The maximum absolute atomic E-state index is 15.3. The van der Waals surface area contributed by atoms with Gasteiger partial charge >= 0.3 is 0 Å². The first-order valence-electron chi connectivity index (χ1n) is 11.2. The van der Waals surface area contributed by atoms with E-state index in [1.807, 2.05) is 19.3 Å². The number of benzene rings is 1. The third kappa shape index (κ3) is 3.17. The highest BCUT2D eigenvalue weighted by molar-refractivity contribution is 6.17. The minimum atomic E-state index is -0.916. The fraction of sp³-hybridized carbons (Fsp3) is 0.292. The number of hydrogen-bond donors (Lipinski definition) is 3. The summed E-state index contributed by atoms with van der Waals surface area (Å²) >= 11 is 0. The van der Waals surface area contributed by atoms with E-state index in [4.69, 9.17) is 5.73 Å². The molecule has 4 N–H and O–H groups in total. The number of pyridine rings is 1. The van der Waals surface area contributed by atoms with Crippen molar-refractivity contribution in [3.05, 3.63) is 48.6 Å². The number of rotatable bonds is 6. The van der Waals surface area contributed by atoms with Gasteiger partial charge in [0.2, 0.25) is 0 Å². The molecule has 1 aromatic carbocycles. The lowest BCUT2D eigenvalue weighted by Gasteiger charge is -2.24.